The third-order valence-electron chi connectivity index (χ3n) is 2.44. The number of aromatic nitrogens is 3. The third kappa shape index (κ3) is 1.91. The van der Waals surface area contributed by atoms with Gasteiger partial charge in [-0.25, -0.2) is 4.39 Å². The number of rotatable bonds is 2. The fraction of sp³-hybridized carbons (Fsp3) is 0. The van der Waals surface area contributed by atoms with Gasteiger partial charge in [0.25, 0.3) is 0 Å². The Hall–Kier alpha value is -2.08. The maximum absolute atomic E-state index is 13.7. The van der Waals surface area contributed by atoms with Crippen molar-refractivity contribution in [1.82, 2.24) is 14.6 Å². The van der Waals surface area contributed by atoms with Gasteiger partial charge in [0.1, 0.15) is 5.82 Å². The second-order valence-corrected chi connectivity index (χ2v) is 4.71. The highest BCUT2D eigenvalue weighted by atomic mass is 32.2. The molecule has 0 unspecified atom stereocenters. The molecule has 0 saturated heterocycles. The first-order chi connectivity index (χ1) is 8.74. The molecule has 2 N–H and O–H groups in total. The van der Waals surface area contributed by atoms with Gasteiger partial charge in [-0.15, -0.1) is 10.2 Å². The van der Waals surface area contributed by atoms with E-state index in [2.05, 4.69) is 10.2 Å². The van der Waals surface area contributed by atoms with Gasteiger partial charge in [0.15, 0.2) is 5.65 Å². The first-order valence-electron chi connectivity index (χ1n) is 5.27. The van der Waals surface area contributed by atoms with Crippen LogP contribution in [0.3, 0.4) is 0 Å². The van der Waals surface area contributed by atoms with Crippen LogP contribution in [0, 0.1) is 5.82 Å². The Labute approximate surface area is 107 Å². The molecule has 6 heteroatoms. The Balaban J connectivity index is 2.01. The average Bonchev–Trinajstić information content (AvgIpc) is 2.76. The van der Waals surface area contributed by atoms with Crippen LogP contribution in [0.4, 0.5) is 10.1 Å². The molecule has 1 aromatic carbocycles. The number of benzene rings is 1. The molecule has 0 radical (unpaired) electrons. The van der Waals surface area contributed by atoms with E-state index in [9.17, 15) is 4.39 Å². The largest absolute Gasteiger partial charge is 0.399 e. The van der Waals surface area contributed by atoms with Crippen molar-refractivity contribution in [1.29, 1.82) is 0 Å². The van der Waals surface area contributed by atoms with Gasteiger partial charge in [0, 0.05) is 11.9 Å². The van der Waals surface area contributed by atoms with Crippen molar-refractivity contribution in [2.75, 3.05) is 5.73 Å². The molecule has 0 amide bonds. The van der Waals surface area contributed by atoms with Crippen LogP contribution in [0.2, 0.25) is 0 Å². The lowest BCUT2D eigenvalue weighted by molar-refractivity contribution is 0.602. The van der Waals surface area contributed by atoms with E-state index in [4.69, 9.17) is 5.73 Å². The van der Waals surface area contributed by atoms with E-state index in [0.717, 1.165) is 5.65 Å². The standard InChI is InChI=1S/C12H9FN4S/c13-9-7-8(14)4-5-10(9)18-12-16-15-11-3-1-2-6-17(11)12/h1-7H,14H2. The zero-order chi connectivity index (χ0) is 12.5. The average molecular weight is 260 g/mol. The fourth-order valence-corrected chi connectivity index (χ4v) is 2.41. The van der Waals surface area contributed by atoms with Gasteiger partial charge in [-0.2, -0.15) is 0 Å². The Morgan fingerprint density at radius 3 is 2.89 bits per heavy atom. The molecule has 0 saturated carbocycles. The molecular formula is C12H9FN4S. The third-order valence-corrected chi connectivity index (χ3v) is 3.45. The fourth-order valence-electron chi connectivity index (χ4n) is 1.59. The lowest BCUT2D eigenvalue weighted by atomic mass is 10.3. The zero-order valence-electron chi connectivity index (χ0n) is 9.25. The van der Waals surface area contributed by atoms with E-state index < -0.39 is 0 Å². The van der Waals surface area contributed by atoms with Gasteiger partial charge >= 0.3 is 0 Å². The van der Waals surface area contributed by atoms with Crippen molar-refractivity contribution >= 4 is 23.1 Å². The number of hydrogen-bond acceptors (Lipinski definition) is 4. The number of pyridine rings is 1. The van der Waals surface area contributed by atoms with Crippen LogP contribution in [-0.2, 0) is 0 Å². The Morgan fingerprint density at radius 2 is 2.06 bits per heavy atom. The van der Waals surface area contributed by atoms with Crippen molar-refractivity contribution in [3.8, 4) is 0 Å². The van der Waals surface area contributed by atoms with E-state index >= 15 is 0 Å². The number of nitrogens with two attached hydrogens (primary N) is 1. The minimum atomic E-state index is -0.354. The highest BCUT2D eigenvalue weighted by Crippen LogP contribution is 2.29. The smallest absolute Gasteiger partial charge is 0.200 e. The van der Waals surface area contributed by atoms with Gasteiger partial charge in [0.2, 0.25) is 5.16 Å². The van der Waals surface area contributed by atoms with Crippen LogP contribution in [0.1, 0.15) is 0 Å². The Bertz CT molecular complexity index is 710. The number of fused-ring (bicyclic) bond motifs is 1. The normalized spacial score (nSPS) is 10.9. The first kappa shape index (κ1) is 11.0. The zero-order valence-corrected chi connectivity index (χ0v) is 10.1. The lowest BCUT2D eigenvalue weighted by Gasteiger charge is -2.02. The summed E-state index contributed by atoms with van der Waals surface area (Å²) in [4.78, 5) is 0.474. The molecule has 0 bridgehead atoms. The van der Waals surface area contributed by atoms with Crippen LogP contribution in [0.15, 0.2) is 52.6 Å². The summed E-state index contributed by atoms with van der Waals surface area (Å²) >= 11 is 1.22. The monoisotopic (exact) mass is 260 g/mol. The lowest BCUT2D eigenvalue weighted by Crippen LogP contribution is -1.90. The molecule has 3 aromatic rings. The summed E-state index contributed by atoms with van der Waals surface area (Å²) < 4.78 is 15.5. The number of nitrogens with zero attached hydrogens (tertiary/aromatic N) is 3. The molecule has 3 rings (SSSR count). The van der Waals surface area contributed by atoms with E-state index in [0.29, 0.717) is 15.7 Å². The first-order valence-corrected chi connectivity index (χ1v) is 6.08. The van der Waals surface area contributed by atoms with Crippen molar-refractivity contribution < 1.29 is 4.39 Å². The summed E-state index contributed by atoms with van der Waals surface area (Å²) in [6.07, 6.45) is 1.84. The minimum Gasteiger partial charge on any atom is -0.399 e. The van der Waals surface area contributed by atoms with Crippen molar-refractivity contribution in [2.45, 2.75) is 10.1 Å². The van der Waals surface area contributed by atoms with Gasteiger partial charge < -0.3 is 5.73 Å². The molecular weight excluding hydrogens is 251 g/mol. The molecule has 0 aliphatic rings. The summed E-state index contributed by atoms with van der Waals surface area (Å²) in [5.41, 5.74) is 6.65. The molecule has 18 heavy (non-hydrogen) atoms. The molecule has 0 fully saturated rings. The molecule has 0 aliphatic carbocycles. The minimum absolute atomic E-state index is 0.354. The summed E-state index contributed by atoms with van der Waals surface area (Å²) in [5, 5.41) is 8.66. The van der Waals surface area contributed by atoms with Crippen LogP contribution >= 0.6 is 11.8 Å². The number of nitrogen functional groups attached to an aromatic ring is 1. The quantitative estimate of drug-likeness (QED) is 0.720. The number of hydrogen-bond donors (Lipinski definition) is 1. The second kappa shape index (κ2) is 4.30. The Morgan fingerprint density at radius 1 is 1.17 bits per heavy atom. The van der Waals surface area contributed by atoms with E-state index in [1.54, 1.807) is 16.5 Å². The number of halogens is 1. The summed E-state index contributed by atoms with van der Waals surface area (Å²) in [6, 6.07) is 10.2. The highest BCUT2D eigenvalue weighted by Gasteiger charge is 2.10. The topological polar surface area (TPSA) is 56.2 Å². The molecule has 2 aromatic heterocycles. The predicted octanol–water partition coefficient (Wildman–Crippen LogP) is 2.60. The molecule has 0 aliphatic heterocycles. The van der Waals surface area contributed by atoms with Crippen molar-refractivity contribution in [2.24, 2.45) is 0 Å². The maximum atomic E-state index is 13.7. The van der Waals surface area contributed by atoms with E-state index in [1.165, 1.54) is 17.8 Å². The molecule has 2 heterocycles. The van der Waals surface area contributed by atoms with Crippen molar-refractivity contribution in [3.63, 3.8) is 0 Å². The van der Waals surface area contributed by atoms with Crippen LogP contribution in [0.25, 0.3) is 5.65 Å². The van der Waals surface area contributed by atoms with Crippen LogP contribution in [-0.4, -0.2) is 14.6 Å². The molecule has 0 spiro atoms. The number of anilines is 1. The summed E-state index contributed by atoms with van der Waals surface area (Å²) in [5.74, 6) is -0.354. The summed E-state index contributed by atoms with van der Waals surface area (Å²) in [6.45, 7) is 0. The van der Waals surface area contributed by atoms with Crippen LogP contribution in [0.5, 0.6) is 0 Å². The Kier molecular flexibility index (Phi) is 2.64. The second-order valence-electron chi connectivity index (χ2n) is 3.70. The molecule has 0 atom stereocenters. The highest BCUT2D eigenvalue weighted by molar-refractivity contribution is 7.99. The van der Waals surface area contributed by atoms with Gasteiger partial charge in [-0.1, -0.05) is 6.07 Å². The van der Waals surface area contributed by atoms with E-state index in [1.807, 2.05) is 24.4 Å². The van der Waals surface area contributed by atoms with Gasteiger partial charge in [0.05, 0.1) is 4.90 Å². The van der Waals surface area contributed by atoms with Gasteiger partial charge in [-0.05, 0) is 42.1 Å². The predicted molar refractivity (Wildman–Crippen MR) is 67.9 cm³/mol. The summed E-state index contributed by atoms with van der Waals surface area (Å²) in [7, 11) is 0. The molecule has 90 valence electrons. The SMILES string of the molecule is Nc1ccc(Sc2nnc3ccccn23)c(F)c1. The maximum Gasteiger partial charge on any atom is 0.200 e. The van der Waals surface area contributed by atoms with Crippen LogP contribution < -0.4 is 5.73 Å². The molecule has 4 nitrogen and oxygen atoms in total. The van der Waals surface area contributed by atoms with Gasteiger partial charge in [-0.3, -0.25) is 4.40 Å². The van der Waals surface area contributed by atoms with Crippen molar-refractivity contribution in [3.05, 3.63) is 48.4 Å². The van der Waals surface area contributed by atoms with E-state index in [-0.39, 0.29) is 5.82 Å².